The van der Waals surface area contributed by atoms with Crippen LogP contribution < -0.4 is 10.1 Å². The van der Waals surface area contributed by atoms with Crippen LogP contribution in [0.2, 0.25) is 0 Å². The van der Waals surface area contributed by atoms with Crippen molar-refractivity contribution < 1.29 is 4.74 Å². The lowest BCUT2D eigenvalue weighted by atomic mass is 9.98. The lowest BCUT2D eigenvalue weighted by Crippen LogP contribution is -2.17. The van der Waals surface area contributed by atoms with E-state index in [-0.39, 0.29) is 0 Å². The average molecular weight is 269 g/mol. The van der Waals surface area contributed by atoms with Crippen LogP contribution in [-0.4, -0.2) is 13.7 Å². The van der Waals surface area contributed by atoms with Gasteiger partial charge >= 0.3 is 0 Å². The average Bonchev–Trinajstić information content (AvgIpc) is 2.47. The van der Waals surface area contributed by atoms with Crippen LogP contribution in [0.3, 0.4) is 0 Å². The zero-order valence-electron chi connectivity index (χ0n) is 12.7. The minimum Gasteiger partial charge on any atom is -0.497 e. The summed E-state index contributed by atoms with van der Waals surface area (Å²) in [6.45, 7) is 7.43. The van der Waals surface area contributed by atoms with Crippen molar-refractivity contribution in [3.05, 3.63) is 53.6 Å². The number of hydrogen-bond donors (Lipinski definition) is 1. The molecular weight excluding hydrogens is 246 g/mol. The monoisotopic (exact) mass is 269 g/mol. The first-order valence-corrected chi connectivity index (χ1v) is 7.14. The molecule has 0 fully saturated rings. The van der Waals surface area contributed by atoms with Gasteiger partial charge in [-0.2, -0.15) is 0 Å². The molecule has 0 saturated heterocycles. The first-order valence-electron chi connectivity index (χ1n) is 7.14. The van der Waals surface area contributed by atoms with Crippen molar-refractivity contribution >= 4 is 0 Å². The van der Waals surface area contributed by atoms with Gasteiger partial charge < -0.3 is 10.1 Å². The Morgan fingerprint density at radius 1 is 1.10 bits per heavy atom. The number of nitrogens with one attached hydrogen (secondary N) is 1. The summed E-state index contributed by atoms with van der Waals surface area (Å²) in [5.74, 6) is 0.906. The maximum absolute atomic E-state index is 5.26. The highest BCUT2D eigenvalue weighted by Gasteiger charge is 2.06. The van der Waals surface area contributed by atoms with E-state index < -0.39 is 0 Å². The SMILES string of the molecule is CCNC(C)c1ccc(-c2ccc(OC)cc2C)cc1. The van der Waals surface area contributed by atoms with Crippen molar-refractivity contribution in [3.8, 4) is 16.9 Å². The summed E-state index contributed by atoms with van der Waals surface area (Å²) in [7, 11) is 1.70. The Morgan fingerprint density at radius 3 is 2.35 bits per heavy atom. The largest absolute Gasteiger partial charge is 0.497 e. The van der Waals surface area contributed by atoms with Gasteiger partial charge in [-0.25, -0.2) is 0 Å². The van der Waals surface area contributed by atoms with Gasteiger partial charge in [0.05, 0.1) is 7.11 Å². The standard InChI is InChI=1S/C18H23NO/c1-5-19-14(3)15-6-8-16(9-7-15)18-11-10-17(20-4)12-13(18)2/h6-12,14,19H,5H2,1-4H3. The Balaban J connectivity index is 2.26. The van der Waals surface area contributed by atoms with Crippen LogP contribution in [0.4, 0.5) is 0 Å². The number of rotatable bonds is 5. The van der Waals surface area contributed by atoms with Gasteiger partial charge in [-0.1, -0.05) is 37.3 Å². The van der Waals surface area contributed by atoms with Crippen LogP contribution in [0.15, 0.2) is 42.5 Å². The fourth-order valence-corrected chi connectivity index (χ4v) is 2.46. The predicted octanol–water partition coefficient (Wildman–Crippen LogP) is 4.34. The maximum Gasteiger partial charge on any atom is 0.119 e. The van der Waals surface area contributed by atoms with E-state index in [2.05, 4.69) is 62.5 Å². The Morgan fingerprint density at radius 2 is 1.80 bits per heavy atom. The quantitative estimate of drug-likeness (QED) is 0.871. The van der Waals surface area contributed by atoms with Crippen LogP contribution in [0.5, 0.6) is 5.75 Å². The lowest BCUT2D eigenvalue weighted by molar-refractivity contribution is 0.414. The van der Waals surface area contributed by atoms with Crippen molar-refractivity contribution in [2.24, 2.45) is 0 Å². The molecule has 0 saturated carbocycles. The second-order valence-electron chi connectivity index (χ2n) is 5.08. The molecule has 2 aromatic rings. The molecule has 0 aliphatic rings. The van der Waals surface area contributed by atoms with Gasteiger partial charge in [-0.15, -0.1) is 0 Å². The molecule has 0 bridgehead atoms. The molecular formula is C18H23NO. The molecule has 1 unspecified atom stereocenters. The molecule has 1 atom stereocenters. The number of ether oxygens (including phenoxy) is 1. The van der Waals surface area contributed by atoms with Gasteiger partial charge in [0, 0.05) is 6.04 Å². The van der Waals surface area contributed by atoms with Gasteiger partial charge in [0.15, 0.2) is 0 Å². The summed E-state index contributed by atoms with van der Waals surface area (Å²) >= 11 is 0. The van der Waals surface area contributed by atoms with Crippen molar-refractivity contribution in [1.82, 2.24) is 5.32 Å². The summed E-state index contributed by atoms with van der Waals surface area (Å²) in [4.78, 5) is 0. The Hall–Kier alpha value is -1.80. The molecule has 0 amide bonds. The van der Waals surface area contributed by atoms with Gasteiger partial charge in [-0.05, 0) is 54.8 Å². The summed E-state index contributed by atoms with van der Waals surface area (Å²) < 4.78 is 5.26. The zero-order valence-corrected chi connectivity index (χ0v) is 12.7. The Kier molecular flexibility index (Phi) is 4.80. The molecule has 2 nitrogen and oxygen atoms in total. The second-order valence-corrected chi connectivity index (χ2v) is 5.08. The lowest BCUT2D eigenvalue weighted by Gasteiger charge is -2.14. The van der Waals surface area contributed by atoms with Crippen LogP contribution in [-0.2, 0) is 0 Å². The highest BCUT2D eigenvalue weighted by molar-refractivity contribution is 5.68. The minimum absolute atomic E-state index is 0.394. The normalized spacial score (nSPS) is 12.2. The molecule has 0 aromatic heterocycles. The molecule has 0 heterocycles. The summed E-state index contributed by atoms with van der Waals surface area (Å²) in [5, 5.41) is 3.43. The molecule has 106 valence electrons. The van der Waals surface area contributed by atoms with Crippen molar-refractivity contribution in [2.45, 2.75) is 26.8 Å². The van der Waals surface area contributed by atoms with E-state index in [1.807, 2.05) is 6.07 Å². The molecule has 20 heavy (non-hydrogen) atoms. The third-order valence-electron chi connectivity index (χ3n) is 3.67. The van der Waals surface area contributed by atoms with Gasteiger partial charge in [0.2, 0.25) is 0 Å². The summed E-state index contributed by atoms with van der Waals surface area (Å²) in [6, 6.07) is 15.4. The van der Waals surface area contributed by atoms with Crippen LogP contribution in [0, 0.1) is 6.92 Å². The van der Waals surface area contributed by atoms with E-state index in [1.54, 1.807) is 7.11 Å². The first-order chi connectivity index (χ1) is 9.65. The maximum atomic E-state index is 5.26. The second kappa shape index (κ2) is 6.58. The van der Waals surface area contributed by atoms with E-state index in [9.17, 15) is 0 Å². The third kappa shape index (κ3) is 3.20. The Bertz CT molecular complexity index is 560. The van der Waals surface area contributed by atoms with Crippen LogP contribution in [0.25, 0.3) is 11.1 Å². The van der Waals surface area contributed by atoms with Crippen molar-refractivity contribution in [3.63, 3.8) is 0 Å². The van der Waals surface area contributed by atoms with Crippen LogP contribution >= 0.6 is 0 Å². The third-order valence-corrected chi connectivity index (χ3v) is 3.67. The van der Waals surface area contributed by atoms with Crippen molar-refractivity contribution in [1.29, 1.82) is 0 Å². The first kappa shape index (κ1) is 14.6. The molecule has 2 heteroatoms. The molecule has 0 radical (unpaired) electrons. The van der Waals surface area contributed by atoms with E-state index in [0.717, 1.165) is 12.3 Å². The fourth-order valence-electron chi connectivity index (χ4n) is 2.46. The minimum atomic E-state index is 0.394. The predicted molar refractivity (Wildman–Crippen MR) is 85.3 cm³/mol. The topological polar surface area (TPSA) is 21.3 Å². The van der Waals surface area contributed by atoms with Gasteiger partial charge in [0.1, 0.15) is 5.75 Å². The van der Waals surface area contributed by atoms with Crippen LogP contribution in [0.1, 0.15) is 31.0 Å². The fraction of sp³-hybridized carbons (Fsp3) is 0.333. The highest BCUT2D eigenvalue weighted by Crippen LogP contribution is 2.27. The van der Waals surface area contributed by atoms with Gasteiger partial charge in [0.25, 0.3) is 0 Å². The number of benzene rings is 2. The highest BCUT2D eigenvalue weighted by atomic mass is 16.5. The molecule has 1 N–H and O–H groups in total. The molecule has 0 spiro atoms. The Labute approximate surface area is 121 Å². The number of hydrogen-bond acceptors (Lipinski definition) is 2. The molecule has 0 aliphatic heterocycles. The molecule has 2 aromatic carbocycles. The van der Waals surface area contributed by atoms with E-state index in [1.165, 1.54) is 22.3 Å². The zero-order chi connectivity index (χ0) is 14.5. The molecule has 2 rings (SSSR count). The van der Waals surface area contributed by atoms with E-state index in [0.29, 0.717) is 6.04 Å². The number of aryl methyl sites for hydroxylation is 1. The molecule has 0 aliphatic carbocycles. The summed E-state index contributed by atoms with van der Waals surface area (Å²) in [6.07, 6.45) is 0. The summed E-state index contributed by atoms with van der Waals surface area (Å²) in [5.41, 5.74) is 5.06. The number of methoxy groups -OCH3 is 1. The smallest absolute Gasteiger partial charge is 0.119 e. The van der Waals surface area contributed by atoms with E-state index in [4.69, 9.17) is 4.74 Å². The van der Waals surface area contributed by atoms with E-state index >= 15 is 0 Å². The van der Waals surface area contributed by atoms with Crippen molar-refractivity contribution in [2.75, 3.05) is 13.7 Å². The van der Waals surface area contributed by atoms with Gasteiger partial charge in [-0.3, -0.25) is 0 Å².